The molecule has 3 rings (SSSR count). The minimum Gasteiger partial charge on any atom is -0.488 e. The summed E-state index contributed by atoms with van der Waals surface area (Å²) in [6.45, 7) is 7.37. The monoisotopic (exact) mass is 275 g/mol. The van der Waals surface area contributed by atoms with Gasteiger partial charge in [0, 0.05) is 25.7 Å². The van der Waals surface area contributed by atoms with Gasteiger partial charge in [-0.1, -0.05) is 17.7 Å². The molecule has 0 amide bonds. The van der Waals surface area contributed by atoms with Gasteiger partial charge >= 0.3 is 0 Å². The zero-order valence-corrected chi connectivity index (χ0v) is 12.5. The van der Waals surface area contributed by atoms with Crippen LogP contribution in [-0.4, -0.2) is 42.8 Å². The van der Waals surface area contributed by atoms with Gasteiger partial charge in [-0.15, -0.1) is 0 Å². The fourth-order valence-corrected chi connectivity index (χ4v) is 3.07. The van der Waals surface area contributed by atoms with Gasteiger partial charge in [0.2, 0.25) is 0 Å². The molecule has 2 aliphatic rings. The highest BCUT2D eigenvalue weighted by Gasteiger charge is 2.36. The molecule has 0 aliphatic carbocycles. The molecule has 0 bridgehead atoms. The smallest absolute Gasteiger partial charge is 0.124 e. The molecule has 3 heteroatoms. The van der Waals surface area contributed by atoms with Crippen LogP contribution >= 0.6 is 0 Å². The molecule has 2 aliphatic heterocycles. The van der Waals surface area contributed by atoms with Crippen molar-refractivity contribution in [3.63, 3.8) is 0 Å². The van der Waals surface area contributed by atoms with E-state index in [1.54, 1.807) is 0 Å². The standard InChI is InChI=1S/C17H25NO2/c1-13-6-8-15(9-7-13)20-16-11-18(12-16)14(2)17-5-3-4-10-19-17/h6-9,14,16-17H,3-5,10-12H2,1-2H3. The van der Waals surface area contributed by atoms with E-state index in [0.717, 1.165) is 25.4 Å². The highest BCUT2D eigenvalue weighted by atomic mass is 16.5. The van der Waals surface area contributed by atoms with Crippen molar-refractivity contribution >= 4 is 0 Å². The van der Waals surface area contributed by atoms with Crippen molar-refractivity contribution in [3.8, 4) is 5.75 Å². The van der Waals surface area contributed by atoms with Crippen LogP contribution in [-0.2, 0) is 4.74 Å². The first-order valence-electron chi connectivity index (χ1n) is 7.81. The van der Waals surface area contributed by atoms with Gasteiger partial charge in [-0.05, 0) is 45.2 Å². The third-order valence-electron chi connectivity index (χ3n) is 4.53. The van der Waals surface area contributed by atoms with Crippen LogP contribution in [0.15, 0.2) is 24.3 Å². The Labute approximate surface area is 121 Å². The molecule has 1 aromatic carbocycles. The molecule has 2 unspecified atom stereocenters. The van der Waals surface area contributed by atoms with Crippen molar-refractivity contribution in [2.45, 2.75) is 51.4 Å². The summed E-state index contributed by atoms with van der Waals surface area (Å²) in [6.07, 6.45) is 4.50. The minimum atomic E-state index is 0.337. The number of nitrogens with zero attached hydrogens (tertiary/aromatic N) is 1. The summed E-state index contributed by atoms with van der Waals surface area (Å²) in [6, 6.07) is 8.85. The summed E-state index contributed by atoms with van der Waals surface area (Å²) in [4.78, 5) is 2.48. The summed E-state index contributed by atoms with van der Waals surface area (Å²) in [5, 5.41) is 0. The second kappa shape index (κ2) is 6.15. The molecule has 2 saturated heterocycles. The van der Waals surface area contributed by atoms with Crippen LogP contribution in [0.2, 0.25) is 0 Å². The van der Waals surface area contributed by atoms with Gasteiger partial charge in [0.05, 0.1) is 6.10 Å². The molecule has 2 atom stereocenters. The van der Waals surface area contributed by atoms with Crippen molar-refractivity contribution < 1.29 is 9.47 Å². The average molecular weight is 275 g/mol. The van der Waals surface area contributed by atoms with E-state index in [9.17, 15) is 0 Å². The Morgan fingerprint density at radius 3 is 2.60 bits per heavy atom. The van der Waals surface area contributed by atoms with Crippen LogP contribution in [0.1, 0.15) is 31.7 Å². The second-order valence-corrected chi connectivity index (χ2v) is 6.15. The number of ether oxygens (including phenoxy) is 2. The second-order valence-electron chi connectivity index (χ2n) is 6.15. The van der Waals surface area contributed by atoms with Crippen molar-refractivity contribution in [1.82, 2.24) is 4.90 Å². The first-order valence-corrected chi connectivity index (χ1v) is 7.81. The molecule has 2 fully saturated rings. The summed E-state index contributed by atoms with van der Waals surface area (Å²) in [5.41, 5.74) is 1.27. The Bertz CT molecular complexity index is 419. The van der Waals surface area contributed by atoms with Crippen molar-refractivity contribution in [3.05, 3.63) is 29.8 Å². The third kappa shape index (κ3) is 3.15. The number of aryl methyl sites for hydroxylation is 1. The lowest BCUT2D eigenvalue weighted by molar-refractivity contribution is -0.0810. The number of benzene rings is 1. The van der Waals surface area contributed by atoms with Crippen LogP contribution in [0.25, 0.3) is 0 Å². The maximum atomic E-state index is 5.99. The summed E-state index contributed by atoms with van der Waals surface area (Å²) in [7, 11) is 0. The van der Waals surface area contributed by atoms with Gasteiger partial charge < -0.3 is 9.47 Å². The van der Waals surface area contributed by atoms with E-state index in [4.69, 9.17) is 9.47 Å². The van der Waals surface area contributed by atoms with Gasteiger partial charge in [0.1, 0.15) is 11.9 Å². The van der Waals surface area contributed by atoms with Crippen LogP contribution in [0.4, 0.5) is 0 Å². The lowest BCUT2D eigenvalue weighted by Crippen LogP contribution is -2.60. The Morgan fingerprint density at radius 2 is 1.95 bits per heavy atom. The maximum Gasteiger partial charge on any atom is 0.124 e. The molecule has 3 nitrogen and oxygen atoms in total. The number of likely N-dealkylation sites (tertiary alicyclic amines) is 1. The van der Waals surface area contributed by atoms with E-state index in [0.29, 0.717) is 18.2 Å². The molecule has 0 spiro atoms. The highest BCUT2D eigenvalue weighted by molar-refractivity contribution is 5.26. The fraction of sp³-hybridized carbons (Fsp3) is 0.647. The average Bonchev–Trinajstić information content (AvgIpc) is 2.45. The van der Waals surface area contributed by atoms with Crippen LogP contribution in [0, 0.1) is 6.92 Å². The minimum absolute atomic E-state index is 0.337. The topological polar surface area (TPSA) is 21.7 Å². The highest BCUT2D eigenvalue weighted by Crippen LogP contribution is 2.25. The zero-order chi connectivity index (χ0) is 13.9. The molecule has 0 saturated carbocycles. The fourth-order valence-electron chi connectivity index (χ4n) is 3.07. The molecular formula is C17H25NO2. The predicted octanol–water partition coefficient (Wildman–Crippen LogP) is 3.02. The third-order valence-corrected chi connectivity index (χ3v) is 4.53. The molecular weight excluding hydrogens is 250 g/mol. The first kappa shape index (κ1) is 13.9. The van der Waals surface area contributed by atoms with Gasteiger partial charge in [0.15, 0.2) is 0 Å². The first-order chi connectivity index (χ1) is 9.72. The Balaban J connectivity index is 1.45. The Hall–Kier alpha value is -1.06. The number of hydrogen-bond acceptors (Lipinski definition) is 3. The molecule has 110 valence electrons. The maximum absolute atomic E-state index is 5.99. The van der Waals surface area contributed by atoms with Crippen molar-refractivity contribution in [1.29, 1.82) is 0 Å². The van der Waals surface area contributed by atoms with Crippen LogP contribution in [0.3, 0.4) is 0 Å². The lowest BCUT2D eigenvalue weighted by Gasteiger charge is -2.45. The molecule has 20 heavy (non-hydrogen) atoms. The Kier molecular flexibility index (Phi) is 4.27. The van der Waals surface area contributed by atoms with Crippen molar-refractivity contribution in [2.24, 2.45) is 0 Å². The van der Waals surface area contributed by atoms with Gasteiger partial charge in [-0.3, -0.25) is 4.90 Å². The predicted molar refractivity (Wildman–Crippen MR) is 80.2 cm³/mol. The summed E-state index contributed by atoms with van der Waals surface area (Å²) < 4.78 is 11.9. The van der Waals surface area contributed by atoms with E-state index in [1.165, 1.54) is 24.8 Å². The van der Waals surface area contributed by atoms with Crippen molar-refractivity contribution in [2.75, 3.05) is 19.7 Å². The molecule has 2 heterocycles. The summed E-state index contributed by atoms with van der Waals surface area (Å²) in [5.74, 6) is 0.988. The number of hydrogen-bond donors (Lipinski definition) is 0. The van der Waals surface area contributed by atoms with E-state index in [2.05, 4.69) is 43.0 Å². The van der Waals surface area contributed by atoms with E-state index in [1.807, 2.05) is 0 Å². The van der Waals surface area contributed by atoms with Crippen LogP contribution in [0.5, 0.6) is 5.75 Å². The molecule has 0 radical (unpaired) electrons. The van der Waals surface area contributed by atoms with E-state index < -0.39 is 0 Å². The lowest BCUT2D eigenvalue weighted by atomic mass is 9.98. The molecule has 0 N–H and O–H groups in total. The van der Waals surface area contributed by atoms with Gasteiger partial charge in [-0.2, -0.15) is 0 Å². The molecule has 1 aromatic rings. The van der Waals surface area contributed by atoms with Crippen LogP contribution < -0.4 is 4.74 Å². The Morgan fingerprint density at radius 1 is 1.20 bits per heavy atom. The largest absolute Gasteiger partial charge is 0.488 e. The normalized spacial score (nSPS) is 26.0. The van der Waals surface area contributed by atoms with Gasteiger partial charge in [-0.25, -0.2) is 0 Å². The number of rotatable bonds is 4. The molecule has 0 aromatic heterocycles. The van der Waals surface area contributed by atoms with E-state index in [-0.39, 0.29) is 0 Å². The quantitative estimate of drug-likeness (QED) is 0.843. The van der Waals surface area contributed by atoms with Gasteiger partial charge in [0.25, 0.3) is 0 Å². The SMILES string of the molecule is Cc1ccc(OC2CN(C(C)C3CCCCO3)C2)cc1. The van der Waals surface area contributed by atoms with E-state index >= 15 is 0 Å². The zero-order valence-electron chi connectivity index (χ0n) is 12.5. The summed E-state index contributed by atoms with van der Waals surface area (Å²) >= 11 is 0.